The Morgan fingerprint density at radius 3 is 2.27 bits per heavy atom. The molecule has 1 aromatic heterocycles. The normalized spacial score (nSPS) is 10.1. The van der Waals surface area contributed by atoms with Gasteiger partial charge >= 0.3 is 5.63 Å². The highest BCUT2D eigenvalue weighted by Crippen LogP contribution is 2.33. The first-order valence-electron chi connectivity index (χ1n) is 2.40. The summed E-state index contributed by atoms with van der Waals surface area (Å²) in [6.45, 7) is 0. The van der Waals surface area contributed by atoms with Crippen LogP contribution in [0.1, 0.15) is 0 Å². The Morgan fingerprint density at radius 2 is 1.73 bits per heavy atom. The molecule has 11 heavy (non-hydrogen) atoms. The molecule has 6 heteroatoms. The summed E-state index contributed by atoms with van der Waals surface area (Å²) in [5.41, 5.74) is -0.918. The Balaban J connectivity index is 3.59. The maximum absolute atomic E-state index is 10.6. The molecule has 1 rings (SSSR count). The van der Waals surface area contributed by atoms with E-state index in [2.05, 4.69) is 4.42 Å². The highest BCUT2D eigenvalue weighted by atomic mass is 35.5. The van der Waals surface area contributed by atoms with Gasteiger partial charge in [-0.25, -0.2) is 4.79 Å². The molecule has 0 aliphatic carbocycles. The fourth-order valence-corrected chi connectivity index (χ4v) is 0.931. The molecule has 0 aliphatic heterocycles. The van der Waals surface area contributed by atoms with E-state index in [1.807, 2.05) is 0 Å². The summed E-state index contributed by atoms with van der Waals surface area (Å²) in [7, 11) is 0. The van der Waals surface area contributed by atoms with Crippen LogP contribution in [0.2, 0.25) is 15.3 Å². The smallest absolute Gasteiger partial charge is 0.359 e. The van der Waals surface area contributed by atoms with Crippen LogP contribution in [-0.4, -0.2) is 5.11 Å². The van der Waals surface area contributed by atoms with E-state index in [9.17, 15) is 4.79 Å². The predicted molar refractivity (Wildman–Crippen MR) is 41.7 cm³/mol. The standard InChI is InChI=1S/C5HCl3O3/c6-1-3(9)2(7)5(10)11-4(1)8/h9H. The van der Waals surface area contributed by atoms with Gasteiger partial charge in [0.15, 0.2) is 10.8 Å². The van der Waals surface area contributed by atoms with Gasteiger partial charge in [0.05, 0.1) is 0 Å². The number of halogens is 3. The molecule has 0 atom stereocenters. The molecule has 0 saturated heterocycles. The first kappa shape index (κ1) is 8.71. The van der Waals surface area contributed by atoms with Crippen molar-refractivity contribution in [3.8, 4) is 5.75 Å². The summed E-state index contributed by atoms with van der Waals surface area (Å²) in [5.74, 6) is -0.561. The van der Waals surface area contributed by atoms with Crippen molar-refractivity contribution in [2.75, 3.05) is 0 Å². The molecule has 0 radical (unpaired) electrons. The third-order valence-corrected chi connectivity index (χ3v) is 2.00. The lowest BCUT2D eigenvalue weighted by Gasteiger charge is -1.97. The van der Waals surface area contributed by atoms with Crippen LogP contribution < -0.4 is 5.63 Å². The first-order valence-corrected chi connectivity index (χ1v) is 3.54. The summed E-state index contributed by atoms with van der Waals surface area (Å²) in [6.07, 6.45) is 0. The van der Waals surface area contributed by atoms with Crippen molar-refractivity contribution in [2.24, 2.45) is 0 Å². The SMILES string of the molecule is O=c1oc(Cl)c(Cl)c(O)c1Cl. The molecule has 0 amide bonds. The molecule has 0 fully saturated rings. The maximum Gasteiger partial charge on any atom is 0.359 e. The topological polar surface area (TPSA) is 50.4 Å². The fourth-order valence-electron chi connectivity index (χ4n) is 0.457. The zero-order chi connectivity index (χ0) is 8.59. The largest absolute Gasteiger partial charge is 0.505 e. The van der Waals surface area contributed by atoms with Gasteiger partial charge in [0.25, 0.3) is 0 Å². The summed E-state index contributed by atoms with van der Waals surface area (Å²) < 4.78 is 4.31. The van der Waals surface area contributed by atoms with Crippen LogP contribution in [-0.2, 0) is 0 Å². The van der Waals surface area contributed by atoms with Gasteiger partial charge in [-0.05, 0) is 11.6 Å². The second kappa shape index (κ2) is 2.93. The van der Waals surface area contributed by atoms with Gasteiger partial charge in [-0.3, -0.25) is 0 Å². The number of hydrogen-bond donors (Lipinski definition) is 1. The van der Waals surface area contributed by atoms with Crippen LogP contribution in [0.4, 0.5) is 0 Å². The third kappa shape index (κ3) is 1.45. The molecule has 0 spiro atoms. The molecule has 1 aromatic rings. The molecule has 0 aliphatic rings. The molecular formula is C5HCl3O3. The van der Waals surface area contributed by atoms with Crippen molar-refractivity contribution < 1.29 is 9.52 Å². The van der Waals surface area contributed by atoms with E-state index in [-0.39, 0.29) is 10.2 Å². The molecule has 0 saturated carbocycles. The van der Waals surface area contributed by atoms with Gasteiger partial charge in [-0.1, -0.05) is 23.2 Å². The second-order valence-electron chi connectivity index (χ2n) is 1.64. The summed E-state index contributed by atoms with van der Waals surface area (Å²) in [5, 5.41) is 7.84. The summed E-state index contributed by atoms with van der Waals surface area (Å²) in [6, 6.07) is 0. The van der Waals surface area contributed by atoms with Crippen molar-refractivity contribution in [1.29, 1.82) is 0 Å². The van der Waals surface area contributed by atoms with Crippen LogP contribution >= 0.6 is 34.8 Å². The highest BCUT2D eigenvalue weighted by molar-refractivity contribution is 6.43. The van der Waals surface area contributed by atoms with Gasteiger partial charge < -0.3 is 9.52 Å². The summed E-state index contributed by atoms with van der Waals surface area (Å²) >= 11 is 15.9. The van der Waals surface area contributed by atoms with E-state index in [0.717, 1.165) is 0 Å². The minimum atomic E-state index is -0.918. The van der Waals surface area contributed by atoms with Gasteiger partial charge in [0.1, 0.15) is 5.02 Å². The van der Waals surface area contributed by atoms with E-state index in [1.165, 1.54) is 0 Å². The zero-order valence-electron chi connectivity index (χ0n) is 4.90. The van der Waals surface area contributed by atoms with Gasteiger partial charge in [-0.15, -0.1) is 0 Å². The number of hydrogen-bond acceptors (Lipinski definition) is 3. The molecule has 1 heterocycles. The second-order valence-corrected chi connectivity index (χ2v) is 2.74. The molecule has 60 valence electrons. The Hall–Kier alpha value is -0.380. The molecule has 0 bridgehead atoms. The maximum atomic E-state index is 10.6. The van der Waals surface area contributed by atoms with Gasteiger partial charge in [-0.2, -0.15) is 0 Å². The van der Waals surface area contributed by atoms with E-state index in [0.29, 0.717) is 0 Å². The molecule has 1 N–H and O–H groups in total. The van der Waals surface area contributed by atoms with Gasteiger partial charge in [0.2, 0.25) is 5.22 Å². The highest BCUT2D eigenvalue weighted by Gasteiger charge is 2.14. The van der Waals surface area contributed by atoms with E-state index in [1.54, 1.807) is 0 Å². The Morgan fingerprint density at radius 1 is 1.18 bits per heavy atom. The first-order chi connectivity index (χ1) is 5.04. The zero-order valence-corrected chi connectivity index (χ0v) is 7.17. The molecule has 0 unspecified atom stereocenters. The lowest BCUT2D eigenvalue weighted by Crippen LogP contribution is -1.98. The van der Waals surface area contributed by atoms with Crippen molar-refractivity contribution in [2.45, 2.75) is 0 Å². The van der Waals surface area contributed by atoms with Crippen molar-refractivity contribution in [3.05, 3.63) is 25.7 Å². The Labute approximate surface area is 76.1 Å². The van der Waals surface area contributed by atoms with E-state index >= 15 is 0 Å². The van der Waals surface area contributed by atoms with Crippen LogP contribution in [0.3, 0.4) is 0 Å². The van der Waals surface area contributed by atoms with Crippen LogP contribution in [0.25, 0.3) is 0 Å². The van der Waals surface area contributed by atoms with E-state index in [4.69, 9.17) is 39.9 Å². The summed E-state index contributed by atoms with van der Waals surface area (Å²) in [4.78, 5) is 10.6. The molecule has 0 aromatic carbocycles. The predicted octanol–water partition coefficient (Wildman–Crippen LogP) is 2.31. The number of aromatic hydroxyl groups is 1. The minimum absolute atomic E-state index is 0.267. The molecule has 3 nitrogen and oxygen atoms in total. The van der Waals surface area contributed by atoms with Gasteiger partial charge in [0, 0.05) is 0 Å². The van der Waals surface area contributed by atoms with Crippen LogP contribution in [0.5, 0.6) is 5.75 Å². The van der Waals surface area contributed by atoms with Crippen LogP contribution in [0, 0.1) is 0 Å². The fraction of sp³-hybridized carbons (Fsp3) is 0. The van der Waals surface area contributed by atoms with Crippen molar-refractivity contribution >= 4 is 34.8 Å². The molecular weight excluding hydrogens is 214 g/mol. The van der Waals surface area contributed by atoms with Crippen molar-refractivity contribution in [3.63, 3.8) is 0 Å². The average Bonchev–Trinajstić information content (AvgIpc) is 1.97. The van der Waals surface area contributed by atoms with E-state index < -0.39 is 16.4 Å². The lowest BCUT2D eigenvalue weighted by atomic mass is 10.5. The Bertz CT molecular complexity index is 344. The Kier molecular flexibility index (Phi) is 2.32. The van der Waals surface area contributed by atoms with Crippen LogP contribution in [0.15, 0.2) is 9.21 Å². The lowest BCUT2D eigenvalue weighted by molar-refractivity contribution is 0.449. The monoisotopic (exact) mass is 214 g/mol. The third-order valence-electron chi connectivity index (χ3n) is 0.950. The number of rotatable bonds is 0. The minimum Gasteiger partial charge on any atom is -0.505 e. The van der Waals surface area contributed by atoms with Crippen molar-refractivity contribution in [1.82, 2.24) is 0 Å². The average molecular weight is 215 g/mol. The quantitative estimate of drug-likeness (QED) is 0.722.